The zero-order valence-corrected chi connectivity index (χ0v) is 17.7. The highest BCUT2D eigenvalue weighted by atomic mass is 16.2. The minimum absolute atomic E-state index is 0.186. The lowest BCUT2D eigenvalue weighted by Gasteiger charge is -2.46. The molecular weight excluding hydrogens is 402 g/mol. The van der Waals surface area contributed by atoms with Crippen molar-refractivity contribution in [3.05, 3.63) is 53.5 Å². The average Bonchev–Trinajstić information content (AvgIpc) is 3.25. The summed E-state index contributed by atoms with van der Waals surface area (Å²) in [6, 6.07) is 13.5. The third-order valence-corrected chi connectivity index (χ3v) is 6.81. The summed E-state index contributed by atoms with van der Waals surface area (Å²) < 4.78 is 0. The molecule has 160 valence electrons. The van der Waals surface area contributed by atoms with Gasteiger partial charge in [0.2, 0.25) is 11.9 Å². The second kappa shape index (κ2) is 7.97. The molecule has 32 heavy (non-hydrogen) atoms. The highest BCUT2D eigenvalue weighted by molar-refractivity contribution is 5.86. The van der Waals surface area contributed by atoms with Gasteiger partial charge >= 0.3 is 0 Å². The molecule has 2 aromatic heterocycles. The lowest BCUT2D eigenvalue weighted by molar-refractivity contribution is -0.148. The number of nitrogens with one attached hydrogen (secondary N) is 1. The number of benzene rings is 1. The summed E-state index contributed by atoms with van der Waals surface area (Å²) in [4.78, 5) is 29.4. The van der Waals surface area contributed by atoms with Gasteiger partial charge in [-0.1, -0.05) is 18.2 Å². The molecule has 2 fully saturated rings. The molecule has 0 unspecified atom stereocenters. The number of anilines is 1. The number of aromatic amines is 1. The molecule has 1 amide bonds. The molecule has 1 spiro atoms. The molecule has 1 N–H and O–H groups in total. The molecule has 8 heteroatoms. The van der Waals surface area contributed by atoms with Gasteiger partial charge in [-0.15, -0.1) is 0 Å². The van der Waals surface area contributed by atoms with Gasteiger partial charge in [-0.3, -0.25) is 4.79 Å². The Morgan fingerprint density at radius 2 is 1.75 bits per heavy atom. The first-order valence-electron chi connectivity index (χ1n) is 10.9. The number of hydrogen-bond acceptors (Lipinski definition) is 6. The third kappa shape index (κ3) is 3.44. The minimum Gasteiger partial charge on any atom is -0.361 e. The van der Waals surface area contributed by atoms with Crippen LogP contribution in [0, 0.1) is 28.1 Å². The van der Waals surface area contributed by atoms with Gasteiger partial charge in [-0.25, -0.2) is 9.97 Å². The van der Waals surface area contributed by atoms with E-state index in [1.807, 2.05) is 40.3 Å². The van der Waals surface area contributed by atoms with Crippen LogP contribution in [0.1, 0.15) is 42.6 Å². The van der Waals surface area contributed by atoms with Crippen LogP contribution in [0.15, 0.2) is 36.5 Å². The zero-order valence-electron chi connectivity index (χ0n) is 17.7. The fourth-order valence-electron chi connectivity index (χ4n) is 5.06. The fraction of sp³-hybridized carbons (Fsp3) is 0.375. The van der Waals surface area contributed by atoms with Crippen LogP contribution in [0.25, 0.3) is 10.9 Å². The van der Waals surface area contributed by atoms with Gasteiger partial charge in [0.05, 0.1) is 5.41 Å². The highest BCUT2D eigenvalue weighted by Gasteiger charge is 2.46. The smallest absolute Gasteiger partial charge is 0.229 e. The van der Waals surface area contributed by atoms with Crippen molar-refractivity contribution in [2.24, 2.45) is 5.41 Å². The summed E-state index contributed by atoms with van der Waals surface area (Å²) >= 11 is 0. The summed E-state index contributed by atoms with van der Waals surface area (Å²) in [5.74, 6) is 0.632. The molecule has 3 aromatic rings. The van der Waals surface area contributed by atoms with Crippen molar-refractivity contribution in [2.45, 2.75) is 32.2 Å². The van der Waals surface area contributed by atoms with E-state index in [4.69, 9.17) is 0 Å². The fourth-order valence-corrected chi connectivity index (χ4v) is 5.06. The number of nitrogens with zero attached hydrogens (tertiary/aromatic N) is 6. The van der Waals surface area contributed by atoms with Gasteiger partial charge in [0.25, 0.3) is 0 Å². The van der Waals surface area contributed by atoms with Crippen molar-refractivity contribution in [1.82, 2.24) is 19.9 Å². The van der Waals surface area contributed by atoms with Gasteiger partial charge < -0.3 is 14.8 Å². The molecule has 2 aliphatic heterocycles. The van der Waals surface area contributed by atoms with Crippen molar-refractivity contribution in [2.75, 3.05) is 24.5 Å². The van der Waals surface area contributed by atoms with Gasteiger partial charge in [-0.2, -0.15) is 10.5 Å². The van der Waals surface area contributed by atoms with Crippen molar-refractivity contribution >= 4 is 22.8 Å². The molecule has 1 aromatic carbocycles. The van der Waals surface area contributed by atoms with Crippen LogP contribution in [-0.2, 0) is 11.3 Å². The van der Waals surface area contributed by atoms with Crippen molar-refractivity contribution in [1.29, 1.82) is 10.5 Å². The van der Waals surface area contributed by atoms with Gasteiger partial charge in [0.1, 0.15) is 23.5 Å². The van der Waals surface area contributed by atoms with Crippen LogP contribution >= 0.6 is 0 Å². The highest BCUT2D eigenvalue weighted by Crippen LogP contribution is 2.42. The topological polar surface area (TPSA) is 113 Å². The molecule has 8 nitrogen and oxygen atoms in total. The van der Waals surface area contributed by atoms with Crippen LogP contribution in [0.2, 0.25) is 0 Å². The number of para-hydroxylation sites is 1. The van der Waals surface area contributed by atoms with E-state index in [2.05, 4.69) is 27.1 Å². The van der Waals surface area contributed by atoms with Crippen LogP contribution < -0.4 is 4.90 Å². The first-order valence-corrected chi connectivity index (χ1v) is 10.9. The number of nitriles is 2. The Kier molecular flexibility index (Phi) is 4.99. The number of H-pyrrole nitrogens is 1. The predicted molar refractivity (Wildman–Crippen MR) is 118 cm³/mol. The van der Waals surface area contributed by atoms with E-state index in [-0.39, 0.29) is 22.7 Å². The van der Waals surface area contributed by atoms with E-state index >= 15 is 0 Å². The predicted octanol–water partition coefficient (Wildman–Crippen LogP) is 3.11. The van der Waals surface area contributed by atoms with Crippen LogP contribution in [0.3, 0.4) is 0 Å². The van der Waals surface area contributed by atoms with Gasteiger partial charge in [-0.05, 0) is 37.3 Å². The number of carbonyl (C=O) groups is 1. The second-order valence-electron chi connectivity index (χ2n) is 8.62. The van der Waals surface area contributed by atoms with E-state index in [1.165, 1.54) is 6.07 Å². The molecule has 0 aliphatic carbocycles. The number of aromatic nitrogens is 3. The molecule has 2 aliphatic rings. The van der Waals surface area contributed by atoms with Crippen molar-refractivity contribution in [3.8, 4) is 12.1 Å². The molecule has 4 heterocycles. The Labute approximate surface area is 186 Å². The number of amides is 1. The van der Waals surface area contributed by atoms with E-state index < -0.39 is 0 Å². The Morgan fingerprint density at radius 3 is 2.47 bits per heavy atom. The molecule has 0 saturated carbocycles. The van der Waals surface area contributed by atoms with Crippen molar-refractivity contribution < 1.29 is 4.79 Å². The summed E-state index contributed by atoms with van der Waals surface area (Å²) in [6.45, 7) is 2.66. The lowest BCUT2D eigenvalue weighted by Crippen LogP contribution is -2.53. The van der Waals surface area contributed by atoms with E-state index in [9.17, 15) is 15.3 Å². The Balaban J connectivity index is 1.32. The third-order valence-electron chi connectivity index (χ3n) is 6.81. The van der Waals surface area contributed by atoms with Crippen molar-refractivity contribution in [3.63, 3.8) is 0 Å². The lowest BCUT2D eigenvalue weighted by atomic mass is 9.71. The summed E-state index contributed by atoms with van der Waals surface area (Å²) in [7, 11) is 0. The first kappa shape index (κ1) is 20.0. The standard InChI is InChI=1S/C24H23N7O/c25-13-18-12-19(14-26)29-23(28-18)30-10-7-24(8-11-30)6-3-9-31(22(24)32)16-17-15-27-21-5-2-1-4-20(17)21/h1-2,4-5,12,15,27H,3,6-11,16H2. The van der Waals surface area contributed by atoms with Crippen LogP contribution in [-0.4, -0.2) is 45.4 Å². The number of carbonyl (C=O) groups excluding carboxylic acids is 1. The van der Waals surface area contributed by atoms with Crippen LogP contribution in [0.5, 0.6) is 0 Å². The Hall–Kier alpha value is -3.91. The normalized spacial score (nSPS) is 18.0. The molecule has 0 atom stereocenters. The SMILES string of the molecule is N#Cc1cc(C#N)nc(N2CCC3(CCCN(Cc4c[nH]c5ccccc45)C3=O)CC2)n1. The number of piperidine rings is 2. The monoisotopic (exact) mass is 425 g/mol. The quantitative estimate of drug-likeness (QED) is 0.690. The maximum Gasteiger partial charge on any atom is 0.229 e. The maximum atomic E-state index is 13.6. The van der Waals surface area contributed by atoms with E-state index in [0.29, 0.717) is 25.6 Å². The Morgan fingerprint density at radius 1 is 1.03 bits per heavy atom. The largest absolute Gasteiger partial charge is 0.361 e. The van der Waals surface area contributed by atoms with E-state index in [1.54, 1.807) is 0 Å². The van der Waals surface area contributed by atoms with E-state index in [0.717, 1.165) is 48.7 Å². The first-order chi connectivity index (χ1) is 15.6. The maximum absolute atomic E-state index is 13.6. The summed E-state index contributed by atoms with van der Waals surface area (Å²) in [6.07, 6.45) is 5.34. The van der Waals surface area contributed by atoms with Crippen LogP contribution in [0.4, 0.5) is 5.95 Å². The minimum atomic E-state index is -0.355. The van der Waals surface area contributed by atoms with Gasteiger partial charge in [0, 0.05) is 49.3 Å². The molecular formula is C24H23N7O. The molecule has 0 bridgehead atoms. The second-order valence-corrected chi connectivity index (χ2v) is 8.62. The number of rotatable bonds is 3. The number of fused-ring (bicyclic) bond motifs is 1. The van der Waals surface area contributed by atoms with Gasteiger partial charge in [0.15, 0.2) is 0 Å². The number of hydrogen-bond donors (Lipinski definition) is 1. The zero-order chi connectivity index (χ0) is 22.1. The molecule has 0 radical (unpaired) electrons. The summed E-state index contributed by atoms with van der Waals surface area (Å²) in [5, 5.41) is 19.6. The molecule has 5 rings (SSSR count). The number of likely N-dealkylation sites (tertiary alicyclic amines) is 1. The average molecular weight is 425 g/mol. The Bertz CT molecular complexity index is 1230. The molecule has 2 saturated heterocycles. The summed E-state index contributed by atoms with van der Waals surface area (Å²) in [5.41, 5.74) is 2.25.